The van der Waals surface area contributed by atoms with Crippen LogP contribution < -0.4 is 20.7 Å². The molecule has 1 rings (SSSR count). The molecule has 0 aromatic heterocycles. The van der Waals surface area contributed by atoms with Gasteiger partial charge >= 0.3 is 24.4 Å². The Morgan fingerprint density at radius 3 is 1.43 bits per heavy atom. The van der Waals surface area contributed by atoms with Crippen molar-refractivity contribution in [1.82, 2.24) is 16.0 Å². The molecule has 0 atom stereocenters. The summed E-state index contributed by atoms with van der Waals surface area (Å²) in [6.45, 7) is 6.83. The Bertz CT molecular complexity index is 1260. The van der Waals surface area contributed by atoms with Crippen LogP contribution in [0, 0.1) is 10.1 Å². The van der Waals surface area contributed by atoms with E-state index in [0.29, 0.717) is 26.4 Å². The fourth-order valence-electron chi connectivity index (χ4n) is 4.12. The van der Waals surface area contributed by atoms with E-state index in [-0.39, 0.29) is 104 Å². The number of nitro benzene ring substituents is 1. The Morgan fingerprint density at radius 2 is 0.948 bits per heavy atom. The van der Waals surface area contributed by atoms with Crippen molar-refractivity contribution in [3.63, 3.8) is 0 Å². The molecule has 58 heavy (non-hydrogen) atoms. The first-order valence-electron chi connectivity index (χ1n) is 19.2. The van der Waals surface area contributed by atoms with Crippen LogP contribution in [0.3, 0.4) is 0 Å². The molecule has 21 nitrogen and oxygen atoms in total. The van der Waals surface area contributed by atoms with E-state index in [1.165, 1.54) is 62.1 Å². The molecule has 1 aromatic carbocycles. The number of benzene rings is 1. The highest BCUT2D eigenvalue weighted by Crippen LogP contribution is 2.17. The lowest BCUT2D eigenvalue weighted by Gasteiger charge is -2.09. The highest BCUT2D eigenvalue weighted by atomic mass is 16.7. The van der Waals surface area contributed by atoms with Crippen molar-refractivity contribution in [2.45, 2.75) is 39.0 Å². The number of nitrogens with one attached hydrogen (secondary N) is 3. The number of amides is 3. The third kappa shape index (κ3) is 33.4. The monoisotopic (exact) mass is 832 g/mol. The van der Waals surface area contributed by atoms with E-state index in [1.807, 2.05) is 0 Å². The molecule has 0 fully saturated rings. The van der Waals surface area contributed by atoms with Crippen LogP contribution in [0.4, 0.5) is 24.9 Å². The van der Waals surface area contributed by atoms with Crippen LogP contribution in [0.15, 0.2) is 36.4 Å². The van der Waals surface area contributed by atoms with Crippen LogP contribution in [0.1, 0.15) is 39.0 Å². The lowest BCUT2D eigenvalue weighted by molar-refractivity contribution is -0.384. The van der Waals surface area contributed by atoms with Crippen molar-refractivity contribution in [1.29, 1.82) is 0 Å². The summed E-state index contributed by atoms with van der Waals surface area (Å²) in [5.74, 6) is 0.105. The second-order valence-electron chi connectivity index (χ2n) is 11.6. The van der Waals surface area contributed by atoms with Gasteiger partial charge in [-0.2, -0.15) is 0 Å². The molecule has 330 valence electrons. The maximum atomic E-state index is 11.7. The zero-order valence-electron chi connectivity index (χ0n) is 33.3. The van der Waals surface area contributed by atoms with Gasteiger partial charge in [0.2, 0.25) is 0 Å². The van der Waals surface area contributed by atoms with Gasteiger partial charge in [-0.15, -0.1) is 0 Å². The van der Waals surface area contributed by atoms with Crippen LogP contribution in [0.5, 0.6) is 5.75 Å². The summed E-state index contributed by atoms with van der Waals surface area (Å²) in [4.78, 5) is 56.8. The SMILES string of the molecule is CCCCCCCOCCOCCNC(=O)OCCOCCOCCNC(=O)OC/C=C/COC(=O)NCCOCCOCCOC(=O)Oc1ccc([N+](=O)[O-])cc1. The highest BCUT2D eigenvalue weighted by Gasteiger charge is 2.09. The Balaban J connectivity index is 1.80. The third-order valence-corrected chi connectivity index (χ3v) is 7.00. The van der Waals surface area contributed by atoms with Crippen LogP contribution in [-0.2, 0) is 47.4 Å². The molecular weight excluding hydrogens is 772 g/mol. The normalized spacial score (nSPS) is 10.8. The molecule has 0 aliphatic carbocycles. The standard InChI is InChI=1S/C37H60N4O17/c1-2-3-4-5-6-16-48-22-23-49-21-15-40-36(44)56-30-28-52-26-24-50-19-13-38-34(42)54-17-7-8-18-55-35(43)39-14-20-51-25-27-53-29-31-57-37(45)58-33-11-9-32(10-12-33)41(46)47/h7-12H,2-6,13-31H2,1H3,(H,38,42)(H,39,43)(H,40,44)/b8-7+. The number of nitro groups is 1. The maximum Gasteiger partial charge on any atom is 0.513 e. The predicted molar refractivity (Wildman–Crippen MR) is 206 cm³/mol. The van der Waals surface area contributed by atoms with Crippen molar-refractivity contribution in [2.24, 2.45) is 0 Å². The molecule has 1 aromatic rings. The van der Waals surface area contributed by atoms with Crippen molar-refractivity contribution >= 4 is 30.1 Å². The van der Waals surface area contributed by atoms with Gasteiger partial charge in [0.05, 0.1) is 77.6 Å². The van der Waals surface area contributed by atoms with Crippen molar-refractivity contribution < 1.29 is 76.2 Å². The Labute approximate surface area is 338 Å². The quantitative estimate of drug-likeness (QED) is 0.0165. The lowest BCUT2D eigenvalue weighted by atomic mass is 10.2. The van der Waals surface area contributed by atoms with Gasteiger partial charge in [0.25, 0.3) is 5.69 Å². The number of hydrogen-bond acceptors (Lipinski definition) is 17. The second-order valence-corrected chi connectivity index (χ2v) is 11.6. The summed E-state index contributed by atoms with van der Waals surface area (Å²) >= 11 is 0. The average Bonchev–Trinajstić information content (AvgIpc) is 3.21. The number of alkyl carbamates (subject to hydrolysis) is 3. The highest BCUT2D eigenvalue weighted by molar-refractivity contribution is 5.68. The number of hydrogen-bond donors (Lipinski definition) is 3. The van der Waals surface area contributed by atoms with Crippen LogP contribution in [0.2, 0.25) is 0 Å². The fraction of sp³-hybridized carbons (Fsp3) is 0.676. The van der Waals surface area contributed by atoms with Crippen LogP contribution >= 0.6 is 0 Å². The summed E-state index contributed by atoms with van der Waals surface area (Å²) in [6.07, 6.45) is 6.23. The minimum Gasteiger partial charge on any atom is -0.447 e. The Kier molecular flexibility index (Phi) is 33.3. The molecule has 0 spiro atoms. The number of carbonyl (C=O) groups excluding carboxylic acids is 4. The molecule has 0 radical (unpaired) electrons. The molecule has 21 heteroatoms. The first kappa shape index (κ1) is 51.2. The average molecular weight is 833 g/mol. The van der Waals surface area contributed by atoms with Crippen molar-refractivity contribution in [3.05, 3.63) is 46.5 Å². The van der Waals surface area contributed by atoms with Gasteiger partial charge in [-0.3, -0.25) is 10.1 Å². The van der Waals surface area contributed by atoms with E-state index in [1.54, 1.807) is 0 Å². The molecule has 0 saturated carbocycles. The van der Waals surface area contributed by atoms with E-state index in [4.69, 9.17) is 52.1 Å². The maximum absolute atomic E-state index is 11.7. The van der Waals surface area contributed by atoms with E-state index in [0.717, 1.165) is 13.0 Å². The van der Waals surface area contributed by atoms with Gasteiger partial charge in [0, 0.05) is 38.4 Å². The number of unbranched alkanes of at least 4 members (excludes halogenated alkanes) is 4. The number of non-ortho nitro benzene ring substituents is 1. The van der Waals surface area contributed by atoms with E-state index < -0.39 is 29.4 Å². The number of ether oxygens (including phenoxy) is 11. The molecule has 0 saturated heterocycles. The second kappa shape index (κ2) is 37.8. The lowest BCUT2D eigenvalue weighted by Crippen LogP contribution is -2.29. The summed E-state index contributed by atoms with van der Waals surface area (Å²) in [6, 6.07) is 4.96. The molecule has 0 bridgehead atoms. The topological polar surface area (TPSA) is 249 Å². The van der Waals surface area contributed by atoms with E-state index in [2.05, 4.69) is 22.9 Å². The molecule has 0 unspecified atom stereocenters. The molecule has 0 aliphatic heterocycles. The summed E-state index contributed by atoms with van der Waals surface area (Å²) in [5, 5.41) is 18.3. The zero-order chi connectivity index (χ0) is 42.2. The molecule has 3 amide bonds. The smallest absolute Gasteiger partial charge is 0.447 e. The summed E-state index contributed by atoms with van der Waals surface area (Å²) in [7, 11) is 0. The number of rotatable bonds is 36. The molecular formula is C37H60N4O17. The van der Waals surface area contributed by atoms with Gasteiger partial charge < -0.3 is 68.1 Å². The minimum absolute atomic E-state index is 0.0253. The summed E-state index contributed by atoms with van der Waals surface area (Å²) in [5.41, 5.74) is -0.133. The largest absolute Gasteiger partial charge is 0.513 e. The van der Waals surface area contributed by atoms with Gasteiger partial charge in [-0.05, 0) is 30.7 Å². The van der Waals surface area contributed by atoms with E-state index >= 15 is 0 Å². The molecule has 3 N–H and O–H groups in total. The first-order valence-corrected chi connectivity index (χ1v) is 19.2. The van der Waals surface area contributed by atoms with Gasteiger partial charge in [0.15, 0.2) is 0 Å². The molecule has 0 aliphatic rings. The Hall–Kier alpha value is -4.80. The zero-order valence-corrected chi connectivity index (χ0v) is 33.3. The molecule has 0 heterocycles. The van der Waals surface area contributed by atoms with Crippen molar-refractivity contribution in [2.75, 3.05) is 125 Å². The van der Waals surface area contributed by atoms with E-state index in [9.17, 15) is 29.3 Å². The van der Waals surface area contributed by atoms with Crippen LogP contribution in [-0.4, -0.2) is 155 Å². The van der Waals surface area contributed by atoms with Gasteiger partial charge in [0.1, 0.15) is 32.2 Å². The van der Waals surface area contributed by atoms with Gasteiger partial charge in [-0.25, -0.2) is 19.2 Å². The number of carbonyl (C=O) groups is 4. The summed E-state index contributed by atoms with van der Waals surface area (Å²) < 4.78 is 56.9. The predicted octanol–water partition coefficient (Wildman–Crippen LogP) is 3.92. The Morgan fingerprint density at radius 1 is 0.534 bits per heavy atom. The van der Waals surface area contributed by atoms with Gasteiger partial charge in [-0.1, -0.05) is 32.6 Å². The fourth-order valence-corrected chi connectivity index (χ4v) is 4.12. The van der Waals surface area contributed by atoms with Crippen molar-refractivity contribution in [3.8, 4) is 5.75 Å². The first-order chi connectivity index (χ1) is 28.3. The minimum atomic E-state index is -0.973. The third-order valence-electron chi connectivity index (χ3n) is 7.00. The van der Waals surface area contributed by atoms with Crippen LogP contribution in [0.25, 0.3) is 0 Å². The number of nitrogens with zero attached hydrogens (tertiary/aromatic N) is 1.